The number of aryl methyl sites for hydroxylation is 1. The molecule has 2 rings (SSSR count). The Morgan fingerprint density at radius 1 is 1.32 bits per heavy atom. The van der Waals surface area contributed by atoms with Crippen molar-refractivity contribution < 1.29 is 4.39 Å². The van der Waals surface area contributed by atoms with Crippen LogP contribution in [0.15, 0.2) is 18.2 Å². The first-order valence-electron chi connectivity index (χ1n) is 6.91. The second-order valence-electron chi connectivity index (χ2n) is 5.49. The first-order chi connectivity index (χ1) is 8.99. The van der Waals surface area contributed by atoms with E-state index in [1.165, 1.54) is 6.07 Å². The van der Waals surface area contributed by atoms with Crippen molar-refractivity contribution in [3.63, 3.8) is 0 Å². The van der Waals surface area contributed by atoms with E-state index < -0.39 is 0 Å². The molecule has 0 bridgehead atoms. The van der Waals surface area contributed by atoms with Crippen LogP contribution in [-0.4, -0.2) is 15.6 Å². The van der Waals surface area contributed by atoms with Crippen molar-refractivity contribution >= 4 is 11.0 Å². The third-order valence-electron chi connectivity index (χ3n) is 3.30. The lowest BCUT2D eigenvalue weighted by molar-refractivity contribution is 0.554. The standard InChI is InChI=1S/C15H22FN3/c1-10(2)19-14-9-12(16)7-8-13(14)18-15(19)6-4-5-11(3)17/h7-11H,4-6,17H2,1-3H3. The molecular weight excluding hydrogens is 241 g/mol. The van der Waals surface area contributed by atoms with Gasteiger partial charge in [-0.05, 0) is 51.8 Å². The molecule has 104 valence electrons. The summed E-state index contributed by atoms with van der Waals surface area (Å²) >= 11 is 0. The number of hydrogen-bond acceptors (Lipinski definition) is 2. The Morgan fingerprint density at radius 3 is 2.68 bits per heavy atom. The van der Waals surface area contributed by atoms with Crippen molar-refractivity contribution in [2.45, 2.75) is 52.1 Å². The van der Waals surface area contributed by atoms with Crippen molar-refractivity contribution in [2.75, 3.05) is 0 Å². The minimum Gasteiger partial charge on any atom is -0.328 e. The first kappa shape index (κ1) is 14.0. The zero-order valence-corrected chi connectivity index (χ0v) is 11.9. The Kier molecular flexibility index (Phi) is 4.20. The number of rotatable bonds is 5. The van der Waals surface area contributed by atoms with Crippen LogP contribution in [0, 0.1) is 5.82 Å². The second kappa shape index (κ2) is 5.70. The number of nitrogens with zero attached hydrogens (tertiary/aromatic N) is 2. The molecule has 0 radical (unpaired) electrons. The third-order valence-corrected chi connectivity index (χ3v) is 3.30. The molecule has 1 aromatic heterocycles. The maximum Gasteiger partial charge on any atom is 0.125 e. The lowest BCUT2D eigenvalue weighted by Gasteiger charge is -2.13. The Hall–Kier alpha value is -1.42. The third kappa shape index (κ3) is 3.13. The van der Waals surface area contributed by atoms with E-state index in [4.69, 9.17) is 5.73 Å². The minimum absolute atomic E-state index is 0.212. The van der Waals surface area contributed by atoms with Gasteiger partial charge in [-0.25, -0.2) is 9.37 Å². The molecule has 2 aromatic rings. The normalized spacial score (nSPS) is 13.4. The summed E-state index contributed by atoms with van der Waals surface area (Å²) in [4.78, 5) is 4.63. The number of imidazole rings is 1. The molecule has 4 heteroatoms. The summed E-state index contributed by atoms with van der Waals surface area (Å²) in [5.41, 5.74) is 7.52. The van der Waals surface area contributed by atoms with Gasteiger partial charge in [0.05, 0.1) is 11.0 Å². The Morgan fingerprint density at radius 2 is 2.05 bits per heavy atom. The molecule has 2 N–H and O–H groups in total. The summed E-state index contributed by atoms with van der Waals surface area (Å²) in [7, 11) is 0. The fourth-order valence-corrected chi connectivity index (χ4v) is 2.45. The van der Waals surface area contributed by atoms with E-state index >= 15 is 0 Å². The molecule has 19 heavy (non-hydrogen) atoms. The summed E-state index contributed by atoms with van der Waals surface area (Å²) in [5, 5.41) is 0. The zero-order chi connectivity index (χ0) is 14.0. The van der Waals surface area contributed by atoms with E-state index in [1.807, 2.05) is 6.92 Å². The lowest BCUT2D eigenvalue weighted by Crippen LogP contribution is -2.15. The molecule has 1 unspecified atom stereocenters. The molecule has 1 aromatic carbocycles. The van der Waals surface area contributed by atoms with Crippen molar-refractivity contribution in [1.82, 2.24) is 9.55 Å². The first-order valence-corrected chi connectivity index (χ1v) is 6.91. The van der Waals surface area contributed by atoms with Gasteiger partial charge >= 0.3 is 0 Å². The summed E-state index contributed by atoms with van der Waals surface area (Å²) in [6, 6.07) is 5.27. The van der Waals surface area contributed by atoms with Gasteiger partial charge in [-0.2, -0.15) is 0 Å². The van der Waals surface area contributed by atoms with Gasteiger partial charge in [-0.3, -0.25) is 0 Å². The van der Waals surface area contributed by atoms with Crippen LogP contribution in [0.1, 0.15) is 45.5 Å². The number of benzene rings is 1. The largest absolute Gasteiger partial charge is 0.328 e. The van der Waals surface area contributed by atoms with Crippen LogP contribution in [0.4, 0.5) is 4.39 Å². The van der Waals surface area contributed by atoms with Crippen molar-refractivity contribution in [3.8, 4) is 0 Å². The van der Waals surface area contributed by atoms with Gasteiger partial charge in [-0.15, -0.1) is 0 Å². The Balaban J connectivity index is 2.34. The molecule has 0 aliphatic rings. The number of halogens is 1. The van der Waals surface area contributed by atoms with E-state index in [9.17, 15) is 4.39 Å². The highest BCUT2D eigenvalue weighted by Gasteiger charge is 2.13. The molecule has 0 amide bonds. The van der Waals surface area contributed by atoms with Crippen LogP contribution < -0.4 is 5.73 Å². The topological polar surface area (TPSA) is 43.8 Å². The van der Waals surface area contributed by atoms with Crippen LogP contribution in [0.2, 0.25) is 0 Å². The van der Waals surface area contributed by atoms with Crippen molar-refractivity contribution in [1.29, 1.82) is 0 Å². The highest BCUT2D eigenvalue weighted by atomic mass is 19.1. The summed E-state index contributed by atoms with van der Waals surface area (Å²) in [6.45, 7) is 6.21. The predicted molar refractivity (Wildman–Crippen MR) is 76.7 cm³/mol. The van der Waals surface area contributed by atoms with E-state index in [-0.39, 0.29) is 17.9 Å². The maximum absolute atomic E-state index is 13.4. The predicted octanol–water partition coefficient (Wildman–Crippen LogP) is 3.43. The van der Waals surface area contributed by atoms with Gasteiger partial charge in [0, 0.05) is 18.5 Å². The number of fused-ring (bicyclic) bond motifs is 1. The zero-order valence-electron chi connectivity index (χ0n) is 11.9. The summed E-state index contributed by atoms with van der Waals surface area (Å²) in [6.07, 6.45) is 2.88. The molecule has 0 saturated carbocycles. The smallest absolute Gasteiger partial charge is 0.125 e. The van der Waals surface area contributed by atoms with Gasteiger partial charge in [0.2, 0.25) is 0 Å². The van der Waals surface area contributed by atoms with Gasteiger partial charge in [-0.1, -0.05) is 0 Å². The maximum atomic E-state index is 13.4. The summed E-state index contributed by atoms with van der Waals surface area (Å²) < 4.78 is 15.5. The molecule has 0 saturated heterocycles. The quantitative estimate of drug-likeness (QED) is 0.898. The van der Waals surface area contributed by atoms with Gasteiger partial charge < -0.3 is 10.3 Å². The van der Waals surface area contributed by atoms with E-state index in [0.717, 1.165) is 36.1 Å². The molecular formula is C15H22FN3. The fraction of sp³-hybridized carbons (Fsp3) is 0.533. The average molecular weight is 263 g/mol. The number of aromatic nitrogens is 2. The van der Waals surface area contributed by atoms with Gasteiger partial charge in [0.1, 0.15) is 11.6 Å². The molecule has 0 fully saturated rings. The fourth-order valence-electron chi connectivity index (χ4n) is 2.45. The van der Waals surface area contributed by atoms with Crippen LogP contribution in [0.25, 0.3) is 11.0 Å². The van der Waals surface area contributed by atoms with E-state index in [1.54, 1.807) is 12.1 Å². The Bertz CT molecular complexity index is 558. The van der Waals surface area contributed by atoms with Crippen molar-refractivity contribution in [3.05, 3.63) is 29.8 Å². The molecule has 1 atom stereocenters. The SMILES string of the molecule is CC(N)CCCc1nc2ccc(F)cc2n1C(C)C. The number of nitrogens with two attached hydrogens (primary N) is 1. The van der Waals surface area contributed by atoms with Gasteiger partial charge in [0.15, 0.2) is 0 Å². The van der Waals surface area contributed by atoms with Crippen LogP contribution in [0.5, 0.6) is 0 Å². The van der Waals surface area contributed by atoms with E-state index in [0.29, 0.717) is 0 Å². The monoisotopic (exact) mass is 263 g/mol. The average Bonchev–Trinajstić information content (AvgIpc) is 2.65. The Labute approximate surface area is 113 Å². The van der Waals surface area contributed by atoms with Gasteiger partial charge in [0.25, 0.3) is 0 Å². The van der Waals surface area contributed by atoms with Crippen molar-refractivity contribution in [2.24, 2.45) is 5.73 Å². The molecule has 1 heterocycles. The second-order valence-corrected chi connectivity index (χ2v) is 5.49. The number of hydrogen-bond donors (Lipinski definition) is 1. The molecule has 3 nitrogen and oxygen atoms in total. The van der Waals surface area contributed by atoms with Crippen LogP contribution >= 0.6 is 0 Å². The van der Waals surface area contributed by atoms with Crippen LogP contribution in [0.3, 0.4) is 0 Å². The molecule has 0 aliphatic carbocycles. The highest BCUT2D eigenvalue weighted by molar-refractivity contribution is 5.76. The summed E-state index contributed by atoms with van der Waals surface area (Å²) in [5.74, 6) is 0.813. The van der Waals surface area contributed by atoms with Crippen LogP contribution in [-0.2, 0) is 6.42 Å². The molecule has 0 aliphatic heterocycles. The highest BCUT2D eigenvalue weighted by Crippen LogP contribution is 2.23. The van der Waals surface area contributed by atoms with E-state index in [2.05, 4.69) is 23.4 Å². The lowest BCUT2D eigenvalue weighted by atomic mass is 10.1. The molecule has 0 spiro atoms. The minimum atomic E-state index is -0.212.